The maximum absolute atomic E-state index is 12.1. The van der Waals surface area contributed by atoms with Crippen LogP contribution in [0.3, 0.4) is 0 Å². The lowest BCUT2D eigenvalue weighted by Crippen LogP contribution is -1.99. The smallest absolute Gasteiger partial charge is 0.338 e. The van der Waals surface area contributed by atoms with E-state index >= 15 is 0 Å². The van der Waals surface area contributed by atoms with Crippen molar-refractivity contribution in [1.29, 1.82) is 0 Å². The van der Waals surface area contributed by atoms with Gasteiger partial charge in [0, 0.05) is 0 Å². The molecule has 4 N–H and O–H groups in total. The summed E-state index contributed by atoms with van der Waals surface area (Å²) in [5.41, 5.74) is -0.515. The van der Waals surface area contributed by atoms with Gasteiger partial charge in [0.15, 0.2) is 0 Å². The molecule has 4 aromatic rings. The summed E-state index contributed by atoms with van der Waals surface area (Å²) in [6, 6.07) is 2.71. The molecule has 0 atom stereocenters. The average Bonchev–Trinajstić information content (AvgIpc) is 3.40. The summed E-state index contributed by atoms with van der Waals surface area (Å²) >= 11 is 3.87. The third-order valence-electron chi connectivity index (χ3n) is 4.15. The Morgan fingerprint density at radius 2 is 0.933 bits per heavy atom. The van der Waals surface area contributed by atoms with Crippen molar-refractivity contribution in [1.82, 2.24) is 0 Å². The monoisotopic (exact) mass is 480 g/mol. The summed E-state index contributed by atoms with van der Waals surface area (Å²) in [6.07, 6.45) is 0. The van der Waals surface area contributed by atoms with Crippen LogP contribution in [0.4, 0.5) is 0 Å². The Bertz CT molecular complexity index is 1260. The van der Waals surface area contributed by atoms with Crippen LogP contribution in [0.5, 0.6) is 0 Å². The van der Waals surface area contributed by atoms with Crippen LogP contribution < -0.4 is 0 Å². The number of thiophene rings is 4. The van der Waals surface area contributed by atoms with Gasteiger partial charge in [-0.15, -0.1) is 45.3 Å². The van der Waals surface area contributed by atoms with Crippen molar-refractivity contribution in [2.24, 2.45) is 0 Å². The van der Waals surface area contributed by atoms with Gasteiger partial charge in [0.05, 0.1) is 51.2 Å². The van der Waals surface area contributed by atoms with Crippen molar-refractivity contribution in [3.63, 3.8) is 0 Å². The van der Waals surface area contributed by atoms with Gasteiger partial charge in [-0.25, -0.2) is 19.2 Å². The first-order valence-corrected chi connectivity index (χ1v) is 11.3. The van der Waals surface area contributed by atoms with E-state index in [2.05, 4.69) is 0 Å². The molecule has 4 heterocycles. The van der Waals surface area contributed by atoms with Crippen LogP contribution in [-0.4, -0.2) is 44.3 Å². The third-order valence-corrected chi connectivity index (χ3v) is 8.86. The minimum Gasteiger partial charge on any atom is -0.478 e. The molecule has 4 rings (SSSR count). The highest BCUT2D eigenvalue weighted by Gasteiger charge is 2.32. The number of carbonyl (C=O) groups is 4. The zero-order valence-corrected chi connectivity index (χ0v) is 17.6. The molecule has 0 unspecified atom stereocenters. The molecular weight excluding hydrogens is 472 g/mol. The van der Waals surface area contributed by atoms with E-state index in [4.69, 9.17) is 0 Å². The van der Waals surface area contributed by atoms with Gasteiger partial charge in [-0.2, -0.15) is 0 Å². The van der Waals surface area contributed by atoms with Gasteiger partial charge in [-0.3, -0.25) is 0 Å². The molecule has 8 nitrogen and oxygen atoms in total. The first kappa shape index (κ1) is 20.2. The van der Waals surface area contributed by atoms with Crippen LogP contribution in [0.1, 0.15) is 41.4 Å². The molecular formula is C18H8O8S4. The molecule has 0 saturated carbocycles. The minimum atomic E-state index is -1.32. The highest BCUT2D eigenvalue weighted by molar-refractivity contribution is 7.34. The fraction of sp³-hybridized carbons (Fsp3) is 0. The van der Waals surface area contributed by atoms with Crippen LogP contribution in [0.25, 0.3) is 28.9 Å². The first-order chi connectivity index (χ1) is 14.2. The summed E-state index contributed by atoms with van der Waals surface area (Å²) in [7, 11) is 0. The highest BCUT2D eigenvalue weighted by atomic mass is 32.1. The molecule has 30 heavy (non-hydrogen) atoms. The largest absolute Gasteiger partial charge is 0.478 e. The molecule has 12 heteroatoms. The Kier molecular flexibility index (Phi) is 4.94. The molecule has 4 aromatic heterocycles. The van der Waals surface area contributed by atoms with Gasteiger partial charge in [0.25, 0.3) is 0 Å². The van der Waals surface area contributed by atoms with Crippen LogP contribution in [-0.2, 0) is 0 Å². The maximum Gasteiger partial charge on any atom is 0.338 e. The lowest BCUT2D eigenvalue weighted by Gasteiger charge is -2.02. The molecule has 0 radical (unpaired) electrons. The van der Waals surface area contributed by atoms with E-state index in [1.165, 1.54) is 22.9 Å². The number of hydrogen-bond acceptors (Lipinski definition) is 8. The van der Waals surface area contributed by atoms with E-state index in [0.717, 1.165) is 45.3 Å². The van der Waals surface area contributed by atoms with Gasteiger partial charge < -0.3 is 20.4 Å². The summed E-state index contributed by atoms with van der Waals surface area (Å²) in [6.45, 7) is 0. The number of fused-ring (bicyclic) bond motifs is 1. The lowest BCUT2D eigenvalue weighted by atomic mass is 10.1. The van der Waals surface area contributed by atoms with Crippen LogP contribution >= 0.6 is 45.3 Å². The van der Waals surface area contributed by atoms with E-state index in [1.807, 2.05) is 0 Å². The van der Waals surface area contributed by atoms with Crippen LogP contribution in [0, 0.1) is 0 Å². The van der Waals surface area contributed by atoms with Crippen LogP contribution in [0.15, 0.2) is 22.9 Å². The Balaban J connectivity index is 2.07. The van der Waals surface area contributed by atoms with Crippen molar-refractivity contribution in [2.75, 3.05) is 0 Å². The van der Waals surface area contributed by atoms with Crippen molar-refractivity contribution < 1.29 is 39.6 Å². The zero-order valence-electron chi connectivity index (χ0n) is 14.4. The van der Waals surface area contributed by atoms with Gasteiger partial charge in [0.2, 0.25) is 0 Å². The number of aromatic carboxylic acids is 4. The summed E-state index contributed by atoms with van der Waals surface area (Å²) in [4.78, 5) is 47.9. The predicted molar refractivity (Wildman–Crippen MR) is 114 cm³/mol. The fourth-order valence-corrected chi connectivity index (χ4v) is 7.90. The Labute approximate surface area is 182 Å². The predicted octanol–water partition coefficient (Wildman–Crippen LogP) is 5.21. The molecule has 0 saturated heterocycles. The third kappa shape index (κ3) is 3.01. The topological polar surface area (TPSA) is 149 Å². The van der Waals surface area contributed by atoms with Gasteiger partial charge in [-0.05, 0) is 22.9 Å². The van der Waals surface area contributed by atoms with Crippen LogP contribution in [0.2, 0.25) is 0 Å². The first-order valence-electron chi connectivity index (χ1n) is 7.90. The normalized spacial score (nSPS) is 11.1. The van der Waals surface area contributed by atoms with Gasteiger partial charge >= 0.3 is 23.9 Å². The molecule has 152 valence electrons. The molecule has 0 aliphatic rings. The van der Waals surface area contributed by atoms with E-state index in [-0.39, 0.29) is 51.2 Å². The summed E-state index contributed by atoms with van der Waals surface area (Å²) in [5, 5.41) is 41.5. The molecule has 0 aromatic carbocycles. The maximum atomic E-state index is 12.1. The number of carboxylic acids is 4. The second-order valence-electron chi connectivity index (χ2n) is 5.82. The average molecular weight is 481 g/mol. The fourth-order valence-electron chi connectivity index (χ4n) is 2.95. The van der Waals surface area contributed by atoms with E-state index in [0.29, 0.717) is 0 Å². The Morgan fingerprint density at radius 3 is 1.23 bits per heavy atom. The van der Waals surface area contributed by atoms with E-state index < -0.39 is 23.9 Å². The minimum absolute atomic E-state index is 0.0695. The lowest BCUT2D eigenvalue weighted by molar-refractivity contribution is 0.0685. The number of hydrogen-bond donors (Lipinski definition) is 4. The summed E-state index contributed by atoms with van der Waals surface area (Å²) < 4.78 is 0.341. The quantitative estimate of drug-likeness (QED) is 0.294. The van der Waals surface area contributed by atoms with Crippen molar-refractivity contribution in [3.8, 4) is 19.5 Å². The van der Waals surface area contributed by atoms with E-state index in [1.54, 1.807) is 0 Å². The van der Waals surface area contributed by atoms with Crippen molar-refractivity contribution >= 4 is 78.6 Å². The van der Waals surface area contributed by atoms with Gasteiger partial charge in [-0.1, -0.05) is 0 Å². The Morgan fingerprint density at radius 1 is 0.567 bits per heavy atom. The number of carboxylic acid groups (broad SMARTS) is 4. The molecule has 0 aliphatic carbocycles. The van der Waals surface area contributed by atoms with E-state index in [9.17, 15) is 39.6 Å². The van der Waals surface area contributed by atoms with Gasteiger partial charge in [0.1, 0.15) is 0 Å². The standard InChI is InChI=1S/C18H8O8S4/c19-15(20)5-1-3-27-9(5)11-7(17(23)24)13-14(29-11)8(18(25)26)12(30-13)10-6(16(21)22)2-4-28-10/h1-4H,(H,19,20)(H,21,22)(H,23,24)(H,25,26). The van der Waals surface area contributed by atoms with Crippen molar-refractivity contribution in [2.45, 2.75) is 0 Å². The SMILES string of the molecule is O=C(O)c1ccsc1-c1sc2c(C(=O)O)c(-c3sccc3C(=O)O)sc2c1C(=O)O. The second kappa shape index (κ2) is 7.32. The highest BCUT2D eigenvalue weighted by Crippen LogP contribution is 2.51. The van der Waals surface area contributed by atoms with Crippen molar-refractivity contribution in [3.05, 3.63) is 45.1 Å². The second-order valence-corrected chi connectivity index (χ2v) is 9.69. The summed E-state index contributed by atoms with van der Waals surface area (Å²) in [5.74, 6) is -5.09. The molecule has 0 fully saturated rings. The number of rotatable bonds is 6. The zero-order chi connectivity index (χ0) is 21.7. The molecule has 0 aliphatic heterocycles. The molecule has 0 bridgehead atoms. The Hall–Kier alpha value is -3.06. The molecule has 0 amide bonds. The molecule has 0 spiro atoms.